The Balaban J connectivity index is 3.01. The number of ketones is 1. The number of likely N-dealkylation sites (tertiary alicyclic amines) is 1. The monoisotopic (exact) mass is 341 g/mol. The second-order valence-corrected chi connectivity index (χ2v) is 7.74. The van der Waals surface area contributed by atoms with Gasteiger partial charge in [-0.1, -0.05) is 0 Å². The molecule has 1 aliphatic rings. The number of piperidine rings is 1. The second kappa shape index (κ2) is 7.32. The summed E-state index contributed by atoms with van der Waals surface area (Å²) in [5, 5.41) is 0. The number of amides is 1. The highest BCUT2D eigenvalue weighted by molar-refractivity contribution is 5.99. The smallest absolute Gasteiger partial charge is 0.410 e. The zero-order valence-electron chi connectivity index (χ0n) is 15.3. The first-order valence-corrected chi connectivity index (χ1v) is 7.97. The quantitative estimate of drug-likeness (QED) is 0.440. The molecule has 1 rings (SSSR count). The number of nitrogens with zero attached hydrogens (tertiary/aromatic N) is 1. The fraction of sp³-hybridized carbons (Fsp3) is 0.765. The third kappa shape index (κ3) is 5.04. The lowest BCUT2D eigenvalue weighted by Crippen LogP contribution is -2.51. The summed E-state index contributed by atoms with van der Waals surface area (Å²) in [6.45, 7) is 8.54. The summed E-state index contributed by atoms with van der Waals surface area (Å²) in [7, 11) is 1.26. The van der Waals surface area contributed by atoms with E-state index >= 15 is 0 Å². The van der Waals surface area contributed by atoms with E-state index in [9.17, 15) is 19.2 Å². The van der Waals surface area contributed by atoms with Crippen molar-refractivity contribution in [2.45, 2.75) is 46.6 Å². The van der Waals surface area contributed by atoms with Gasteiger partial charge in [-0.15, -0.1) is 0 Å². The number of aldehydes is 1. The molecule has 1 aliphatic heterocycles. The van der Waals surface area contributed by atoms with Crippen LogP contribution in [0.15, 0.2) is 0 Å². The van der Waals surface area contributed by atoms with Gasteiger partial charge in [-0.2, -0.15) is 0 Å². The molecule has 1 saturated heterocycles. The van der Waals surface area contributed by atoms with Crippen molar-refractivity contribution >= 4 is 24.1 Å². The zero-order valence-corrected chi connectivity index (χ0v) is 15.3. The highest BCUT2D eigenvalue weighted by Crippen LogP contribution is 2.30. The number of hydrogen-bond acceptors (Lipinski definition) is 6. The van der Waals surface area contributed by atoms with Crippen molar-refractivity contribution in [1.82, 2.24) is 4.90 Å². The van der Waals surface area contributed by atoms with Gasteiger partial charge in [0.1, 0.15) is 17.7 Å². The number of esters is 1. The van der Waals surface area contributed by atoms with Crippen LogP contribution < -0.4 is 0 Å². The van der Waals surface area contributed by atoms with E-state index in [-0.39, 0.29) is 25.3 Å². The molecule has 0 aliphatic carbocycles. The van der Waals surface area contributed by atoms with Crippen molar-refractivity contribution in [3.8, 4) is 0 Å². The van der Waals surface area contributed by atoms with E-state index in [2.05, 4.69) is 0 Å². The first-order chi connectivity index (χ1) is 10.9. The Morgan fingerprint density at radius 2 is 1.58 bits per heavy atom. The van der Waals surface area contributed by atoms with Gasteiger partial charge in [0.15, 0.2) is 0 Å². The molecule has 0 N–H and O–H groups in total. The maximum Gasteiger partial charge on any atom is 0.410 e. The summed E-state index contributed by atoms with van der Waals surface area (Å²) in [5.74, 6) is -2.01. The third-order valence-corrected chi connectivity index (χ3v) is 3.94. The van der Waals surface area contributed by atoms with Crippen molar-refractivity contribution in [2.75, 3.05) is 20.2 Å². The van der Waals surface area contributed by atoms with Crippen molar-refractivity contribution in [1.29, 1.82) is 0 Å². The van der Waals surface area contributed by atoms with Gasteiger partial charge >= 0.3 is 12.1 Å². The van der Waals surface area contributed by atoms with Crippen LogP contribution in [-0.2, 0) is 23.9 Å². The molecular formula is C17H27NO6. The summed E-state index contributed by atoms with van der Waals surface area (Å²) >= 11 is 0. The number of methoxy groups -OCH3 is 1. The molecular weight excluding hydrogens is 314 g/mol. The molecule has 0 unspecified atom stereocenters. The Labute approximate surface area is 142 Å². The van der Waals surface area contributed by atoms with Crippen LogP contribution in [0, 0.1) is 17.3 Å². The summed E-state index contributed by atoms with van der Waals surface area (Å²) < 4.78 is 10.1. The third-order valence-electron chi connectivity index (χ3n) is 3.94. The minimum absolute atomic E-state index is 0.124. The maximum atomic E-state index is 12.6. The fourth-order valence-electron chi connectivity index (χ4n) is 2.69. The lowest BCUT2D eigenvalue weighted by molar-refractivity contribution is -0.149. The topological polar surface area (TPSA) is 90.0 Å². The maximum absolute atomic E-state index is 12.6. The van der Waals surface area contributed by atoms with Crippen molar-refractivity contribution in [3.05, 3.63) is 0 Å². The minimum atomic E-state index is -1.16. The molecule has 0 aromatic carbocycles. The zero-order chi connectivity index (χ0) is 18.7. The highest BCUT2D eigenvalue weighted by atomic mass is 16.6. The van der Waals surface area contributed by atoms with E-state index < -0.39 is 34.9 Å². The Morgan fingerprint density at radius 1 is 1.04 bits per heavy atom. The number of rotatable bonds is 4. The SMILES string of the molecule is COC(=O)[C@H]1C[C@@H](C(=O)C(C)(C)C=O)CN(C(=O)OC(C)(C)C)C1. The summed E-state index contributed by atoms with van der Waals surface area (Å²) in [5.41, 5.74) is -1.85. The van der Waals surface area contributed by atoms with Gasteiger partial charge in [-0.25, -0.2) is 4.79 Å². The van der Waals surface area contributed by atoms with E-state index in [0.29, 0.717) is 6.29 Å². The molecule has 1 fully saturated rings. The average molecular weight is 341 g/mol. The molecule has 2 atom stereocenters. The summed E-state index contributed by atoms with van der Waals surface area (Å²) in [6.07, 6.45) is 0.259. The number of ether oxygens (including phenoxy) is 2. The van der Waals surface area contributed by atoms with Crippen LogP contribution in [0.25, 0.3) is 0 Å². The van der Waals surface area contributed by atoms with Crippen LogP contribution in [-0.4, -0.2) is 54.8 Å². The molecule has 0 saturated carbocycles. The normalized spacial score (nSPS) is 21.8. The molecule has 0 aromatic heterocycles. The van der Waals surface area contributed by atoms with Crippen LogP contribution in [0.5, 0.6) is 0 Å². The number of carbonyl (C=O) groups is 4. The van der Waals surface area contributed by atoms with Gasteiger partial charge in [0, 0.05) is 19.0 Å². The lowest BCUT2D eigenvalue weighted by Gasteiger charge is -2.38. The van der Waals surface area contributed by atoms with Crippen molar-refractivity contribution < 1.29 is 28.7 Å². The van der Waals surface area contributed by atoms with Crippen LogP contribution in [0.1, 0.15) is 41.0 Å². The van der Waals surface area contributed by atoms with E-state index in [1.807, 2.05) is 0 Å². The number of Topliss-reactive ketones (excluding diaryl/α,β-unsaturated/α-hetero) is 1. The largest absolute Gasteiger partial charge is 0.469 e. The van der Waals surface area contributed by atoms with E-state index in [1.165, 1.54) is 25.9 Å². The lowest BCUT2D eigenvalue weighted by atomic mass is 9.77. The summed E-state index contributed by atoms with van der Waals surface area (Å²) in [6, 6.07) is 0. The minimum Gasteiger partial charge on any atom is -0.469 e. The number of carbonyl (C=O) groups excluding carboxylic acids is 4. The molecule has 1 heterocycles. The molecule has 1 amide bonds. The van der Waals surface area contributed by atoms with Crippen LogP contribution in [0.4, 0.5) is 4.79 Å². The first-order valence-electron chi connectivity index (χ1n) is 7.97. The molecule has 24 heavy (non-hydrogen) atoms. The number of hydrogen-bond donors (Lipinski definition) is 0. The van der Waals surface area contributed by atoms with Gasteiger partial charge in [0.05, 0.1) is 18.4 Å². The first kappa shape index (κ1) is 20.1. The second-order valence-electron chi connectivity index (χ2n) is 7.74. The average Bonchev–Trinajstić information content (AvgIpc) is 2.51. The molecule has 7 heteroatoms. The predicted molar refractivity (Wildman–Crippen MR) is 86.3 cm³/mol. The standard InChI is InChI=1S/C17H27NO6/c1-16(2,3)24-15(22)18-8-11(13(20)17(4,5)10-19)7-12(9-18)14(21)23-6/h10-12H,7-9H2,1-6H3/t11-,12+/m1/s1. The molecule has 0 aromatic rings. The van der Waals surface area contributed by atoms with E-state index in [1.54, 1.807) is 20.8 Å². The van der Waals surface area contributed by atoms with Gasteiger partial charge in [-0.3, -0.25) is 9.59 Å². The van der Waals surface area contributed by atoms with Crippen molar-refractivity contribution in [2.24, 2.45) is 17.3 Å². The van der Waals surface area contributed by atoms with E-state index in [0.717, 1.165) is 0 Å². The highest BCUT2D eigenvalue weighted by Gasteiger charge is 2.42. The van der Waals surface area contributed by atoms with Gasteiger partial charge in [0.25, 0.3) is 0 Å². The Kier molecular flexibility index (Phi) is 6.14. The molecule has 7 nitrogen and oxygen atoms in total. The van der Waals surface area contributed by atoms with Gasteiger partial charge < -0.3 is 19.2 Å². The molecule has 136 valence electrons. The molecule has 0 spiro atoms. The Hall–Kier alpha value is -1.92. The predicted octanol–water partition coefficient (Wildman–Crippen LogP) is 1.83. The molecule has 0 radical (unpaired) electrons. The Morgan fingerprint density at radius 3 is 2.04 bits per heavy atom. The summed E-state index contributed by atoms with van der Waals surface area (Å²) in [4.78, 5) is 49.4. The van der Waals surface area contributed by atoms with Gasteiger partial charge in [-0.05, 0) is 41.0 Å². The van der Waals surface area contributed by atoms with Crippen LogP contribution in [0.3, 0.4) is 0 Å². The van der Waals surface area contributed by atoms with Gasteiger partial charge in [0.2, 0.25) is 0 Å². The van der Waals surface area contributed by atoms with Crippen LogP contribution >= 0.6 is 0 Å². The van der Waals surface area contributed by atoms with Crippen LogP contribution in [0.2, 0.25) is 0 Å². The Bertz CT molecular complexity index is 520. The van der Waals surface area contributed by atoms with E-state index in [4.69, 9.17) is 9.47 Å². The van der Waals surface area contributed by atoms with Crippen molar-refractivity contribution in [3.63, 3.8) is 0 Å². The fourth-order valence-corrected chi connectivity index (χ4v) is 2.69. The molecule has 0 bridgehead atoms.